The van der Waals surface area contributed by atoms with Gasteiger partial charge in [-0.3, -0.25) is 0 Å². The van der Waals surface area contributed by atoms with Crippen molar-refractivity contribution in [3.8, 4) is 5.75 Å². The number of rotatable bonds is 6. The summed E-state index contributed by atoms with van der Waals surface area (Å²) in [5.41, 5.74) is -0.0883. The first-order valence-corrected chi connectivity index (χ1v) is 9.94. The zero-order chi connectivity index (χ0) is 19.6. The Labute approximate surface area is 155 Å². The number of hydrogen-bond acceptors (Lipinski definition) is 4. The summed E-state index contributed by atoms with van der Waals surface area (Å²) in [6.45, 7) is -0.762. The maximum atomic E-state index is 12.9. The van der Waals surface area contributed by atoms with Crippen LogP contribution in [0.2, 0.25) is 0 Å². The Morgan fingerprint density at radius 2 is 2.00 bits per heavy atom. The predicted molar refractivity (Wildman–Crippen MR) is 91.6 cm³/mol. The van der Waals surface area contributed by atoms with Crippen LogP contribution in [0.1, 0.15) is 25.1 Å². The molecule has 0 bridgehead atoms. The Bertz CT molecular complexity index is 885. The minimum atomic E-state index is -3.92. The minimum Gasteiger partial charge on any atom is -0.493 e. The Morgan fingerprint density at radius 3 is 2.63 bits per heavy atom. The van der Waals surface area contributed by atoms with Crippen LogP contribution in [0.4, 0.5) is 13.2 Å². The van der Waals surface area contributed by atoms with E-state index in [-0.39, 0.29) is 35.5 Å². The van der Waals surface area contributed by atoms with Crippen LogP contribution in [0, 0.1) is 18.7 Å². The first-order chi connectivity index (χ1) is 12.8. The third-order valence-corrected chi connectivity index (χ3v) is 6.55. The summed E-state index contributed by atoms with van der Waals surface area (Å²) in [7, 11) is -3.92. The van der Waals surface area contributed by atoms with Crippen molar-refractivity contribution >= 4 is 10.0 Å². The fraction of sp³-hybridized carbons (Fsp3) is 0.471. The van der Waals surface area contributed by atoms with Gasteiger partial charge in [0.05, 0.1) is 18.5 Å². The number of nitrogens with zero attached hydrogens (tertiary/aromatic N) is 3. The first-order valence-electron chi connectivity index (χ1n) is 8.50. The van der Waals surface area contributed by atoms with Crippen LogP contribution in [0.3, 0.4) is 0 Å². The van der Waals surface area contributed by atoms with Gasteiger partial charge in [0.25, 0.3) is 0 Å². The van der Waals surface area contributed by atoms with Gasteiger partial charge >= 0.3 is 6.55 Å². The van der Waals surface area contributed by atoms with Crippen molar-refractivity contribution < 1.29 is 26.3 Å². The van der Waals surface area contributed by atoms with Crippen LogP contribution in [-0.4, -0.2) is 42.2 Å². The quantitative estimate of drug-likeness (QED) is 0.743. The molecule has 0 radical (unpaired) electrons. The molecule has 1 aromatic carbocycles. The van der Waals surface area contributed by atoms with E-state index in [4.69, 9.17) is 4.74 Å². The average molecular weight is 403 g/mol. The molecule has 1 unspecified atom stereocenters. The third-order valence-electron chi connectivity index (χ3n) is 4.58. The SMILES string of the molecule is Cc1c(S(=O)(=O)N2CCCC(COc3ccc(F)cc3)C2)cnn1C(F)F. The molecule has 10 heteroatoms. The van der Waals surface area contributed by atoms with Crippen LogP contribution in [-0.2, 0) is 10.0 Å². The van der Waals surface area contributed by atoms with Gasteiger partial charge in [-0.25, -0.2) is 17.5 Å². The highest BCUT2D eigenvalue weighted by Gasteiger charge is 2.33. The van der Waals surface area contributed by atoms with Gasteiger partial charge in [0, 0.05) is 19.0 Å². The molecule has 27 heavy (non-hydrogen) atoms. The Kier molecular flexibility index (Phi) is 5.75. The maximum Gasteiger partial charge on any atom is 0.333 e. The molecule has 3 rings (SSSR count). The first kappa shape index (κ1) is 19.7. The van der Waals surface area contributed by atoms with Crippen molar-refractivity contribution in [3.05, 3.63) is 42.0 Å². The molecule has 0 N–H and O–H groups in total. The molecule has 1 aliphatic heterocycles. The summed E-state index contributed by atoms with van der Waals surface area (Å²) in [6.07, 6.45) is 2.39. The highest BCUT2D eigenvalue weighted by molar-refractivity contribution is 7.89. The number of piperidine rings is 1. The van der Waals surface area contributed by atoms with Crippen molar-refractivity contribution in [2.75, 3.05) is 19.7 Å². The van der Waals surface area contributed by atoms with Crippen molar-refractivity contribution in [2.45, 2.75) is 31.2 Å². The lowest BCUT2D eigenvalue weighted by atomic mass is 10.0. The number of sulfonamides is 1. The molecule has 1 atom stereocenters. The number of benzene rings is 1. The van der Waals surface area contributed by atoms with Gasteiger partial charge in [0.15, 0.2) is 0 Å². The van der Waals surface area contributed by atoms with Crippen molar-refractivity contribution in [1.29, 1.82) is 0 Å². The molecule has 2 aromatic rings. The largest absolute Gasteiger partial charge is 0.493 e. The monoisotopic (exact) mass is 403 g/mol. The van der Waals surface area contributed by atoms with E-state index in [1.165, 1.54) is 35.5 Å². The molecule has 0 aliphatic carbocycles. The second-order valence-electron chi connectivity index (χ2n) is 6.45. The number of hydrogen-bond donors (Lipinski definition) is 0. The van der Waals surface area contributed by atoms with E-state index in [2.05, 4.69) is 5.10 Å². The molecule has 2 heterocycles. The fourth-order valence-corrected chi connectivity index (χ4v) is 4.82. The molecule has 1 aliphatic rings. The van der Waals surface area contributed by atoms with E-state index in [0.29, 0.717) is 23.4 Å². The summed E-state index contributed by atoms with van der Waals surface area (Å²) < 4.78 is 71.7. The van der Waals surface area contributed by atoms with E-state index in [1.807, 2.05) is 0 Å². The normalized spacial score (nSPS) is 18.8. The highest BCUT2D eigenvalue weighted by Crippen LogP contribution is 2.27. The highest BCUT2D eigenvalue weighted by atomic mass is 32.2. The predicted octanol–water partition coefficient (Wildman–Crippen LogP) is 3.21. The lowest BCUT2D eigenvalue weighted by molar-refractivity contribution is 0.0541. The molecule has 1 saturated heterocycles. The Morgan fingerprint density at radius 1 is 1.30 bits per heavy atom. The zero-order valence-electron chi connectivity index (χ0n) is 14.7. The number of alkyl halides is 2. The summed E-state index contributed by atoms with van der Waals surface area (Å²) >= 11 is 0. The second kappa shape index (κ2) is 7.89. The van der Waals surface area contributed by atoms with Crippen LogP contribution in [0.25, 0.3) is 0 Å². The van der Waals surface area contributed by atoms with Crippen molar-refractivity contribution in [2.24, 2.45) is 5.92 Å². The summed E-state index contributed by atoms with van der Waals surface area (Å²) in [5.74, 6) is 0.0893. The average Bonchev–Trinajstić information content (AvgIpc) is 3.04. The summed E-state index contributed by atoms with van der Waals surface area (Å²) in [6, 6.07) is 5.59. The number of aromatic nitrogens is 2. The van der Waals surface area contributed by atoms with Gasteiger partial charge in [0.1, 0.15) is 16.5 Å². The molecule has 1 aromatic heterocycles. The minimum absolute atomic E-state index is 0.0518. The third kappa shape index (κ3) is 4.27. The van der Waals surface area contributed by atoms with Crippen molar-refractivity contribution in [1.82, 2.24) is 14.1 Å². The van der Waals surface area contributed by atoms with E-state index in [9.17, 15) is 21.6 Å². The lowest BCUT2D eigenvalue weighted by Crippen LogP contribution is -2.41. The van der Waals surface area contributed by atoms with E-state index in [0.717, 1.165) is 12.6 Å². The lowest BCUT2D eigenvalue weighted by Gasteiger charge is -2.31. The van der Waals surface area contributed by atoms with Gasteiger partial charge < -0.3 is 4.74 Å². The van der Waals surface area contributed by atoms with Gasteiger partial charge in [-0.2, -0.15) is 18.2 Å². The molecule has 0 saturated carbocycles. The molecular weight excluding hydrogens is 383 g/mol. The summed E-state index contributed by atoms with van der Waals surface area (Å²) in [4.78, 5) is -0.206. The van der Waals surface area contributed by atoms with Crippen LogP contribution >= 0.6 is 0 Å². The second-order valence-corrected chi connectivity index (χ2v) is 8.36. The van der Waals surface area contributed by atoms with Crippen LogP contribution < -0.4 is 4.74 Å². The van der Waals surface area contributed by atoms with E-state index < -0.39 is 16.6 Å². The Hall–Kier alpha value is -2.07. The molecule has 148 valence electrons. The molecule has 0 amide bonds. The summed E-state index contributed by atoms with van der Waals surface area (Å²) in [5, 5.41) is 3.48. The fourth-order valence-electron chi connectivity index (χ4n) is 3.12. The van der Waals surface area contributed by atoms with Crippen LogP contribution in [0.5, 0.6) is 5.75 Å². The Balaban J connectivity index is 1.68. The van der Waals surface area contributed by atoms with Gasteiger partial charge in [-0.15, -0.1) is 0 Å². The zero-order valence-corrected chi connectivity index (χ0v) is 15.5. The molecular formula is C17H20F3N3O3S. The van der Waals surface area contributed by atoms with Crippen LogP contribution in [0.15, 0.2) is 35.4 Å². The van der Waals surface area contributed by atoms with Gasteiger partial charge in [-0.05, 0) is 44.0 Å². The maximum absolute atomic E-state index is 12.9. The van der Waals surface area contributed by atoms with Crippen molar-refractivity contribution in [3.63, 3.8) is 0 Å². The smallest absolute Gasteiger partial charge is 0.333 e. The standard InChI is InChI=1S/C17H20F3N3O3S/c1-12-16(9-21-23(12)17(19)20)27(24,25)22-8-2-3-13(10-22)11-26-15-6-4-14(18)5-7-15/h4-7,9,13,17H,2-3,8,10-11H2,1H3. The number of ether oxygens (including phenoxy) is 1. The molecule has 1 fully saturated rings. The topological polar surface area (TPSA) is 64.4 Å². The van der Waals surface area contributed by atoms with Gasteiger partial charge in [0.2, 0.25) is 10.0 Å². The number of halogens is 3. The molecule has 6 nitrogen and oxygen atoms in total. The van der Waals surface area contributed by atoms with E-state index >= 15 is 0 Å². The van der Waals surface area contributed by atoms with E-state index in [1.54, 1.807) is 0 Å². The molecule has 0 spiro atoms. The van der Waals surface area contributed by atoms with Gasteiger partial charge in [-0.1, -0.05) is 0 Å².